The van der Waals surface area contributed by atoms with Gasteiger partial charge in [0.1, 0.15) is 0 Å². The number of hydrogen-bond donors (Lipinski definition) is 2. The first kappa shape index (κ1) is 16.1. The fraction of sp³-hybridized carbons (Fsp3) is 0.692. The van der Waals surface area contributed by atoms with Crippen molar-refractivity contribution in [2.75, 3.05) is 18.5 Å². The fourth-order valence-electron chi connectivity index (χ4n) is 2.12. The van der Waals surface area contributed by atoms with Crippen molar-refractivity contribution in [2.24, 2.45) is 0 Å². The molecule has 0 fully saturated rings. The van der Waals surface area contributed by atoms with E-state index in [-0.39, 0.29) is 12.5 Å². The van der Waals surface area contributed by atoms with Crippen molar-refractivity contribution in [3.05, 3.63) is 11.1 Å². The molecular weight excluding hydrogens is 262 g/mol. The van der Waals surface area contributed by atoms with Gasteiger partial charge in [0.05, 0.1) is 12.3 Å². The lowest BCUT2D eigenvalue weighted by Crippen LogP contribution is -2.36. The van der Waals surface area contributed by atoms with E-state index in [0.717, 1.165) is 18.5 Å². The van der Waals surface area contributed by atoms with Crippen LogP contribution in [0.15, 0.2) is 5.38 Å². The molecule has 108 valence electrons. The van der Waals surface area contributed by atoms with Gasteiger partial charge in [-0.1, -0.05) is 13.8 Å². The number of nitrogens with zero attached hydrogens (tertiary/aromatic N) is 2. The number of aromatic nitrogens is 1. The molecule has 0 atom stereocenters. The highest BCUT2D eigenvalue weighted by Crippen LogP contribution is 2.19. The van der Waals surface area contributed by atoms with Crippen LogP contribution in [0.2, 0.25) is 0 Å². The van der Waals surface area contributed by atoms with Crippen LogP contribution in [-0.2, 0) is 11.3 Å². The topological polar surface area (TPSA) is 65.5 Å². The Morgan fingerprint density at radius 3 is 2.74 bits per heavy atom. The Bertz CT molecular complexity index is 391. The van der Waals surface area contributed by atoms with Gasteiger partial charge in [-0.2, -0.15) is 0 Å². The quantitative estimate of drug-likeness (QED) is 0.767. The number of amides is 1. The average Bonchev–Trinajstić information content (AvgIpc) is 2.77. The summed E-state index contributed by atoms with van der Waals surface area (Å²) in [5.41, 5.74) is 0.939. The summed E-state index contributed by atoms with van der Waals surface area (Å²) >= 11 is 1.43. The molecule has 0 aliphatic heterocycles. The Balaban J connectivity index is 2.67. The van der Waals surface area contributed by atoms with Crippen LogP contribution in [-0.4, -0.2) is 40.1 Å². The lowest BCUT2D eigenvalue weighted by Gasteiger charge is -2.29. The van der Waals surface area contributed by atoms with Crippen molar-refractivity contribution >= 4 is 22.4 Å². The molecule has 0 saturated carbocycles. The summed E-state index contributed by atoms with van der Waals surface area (Å²) in [5.74, 6) is -0.104. The van der Waals surface area contributed by atoms with Crippen LogP contribution in [0, 0.1) is 0 Å². The minimum Gasteiger partial charge on any atom is -0.395 e. The minimum atomic E-state index is -0.104. The van der Waals surface area contributed by atoms with E-state index in [2.05, 4.69) is 29.0 Å². The zero-order chi connectivity index (χ0) is 14.3. The fourth-order valence-corrected chi connectivity index (χ4v) is 2.87. The number of aliphatic hydroxyl groups is 1. The standard InChI is InChI=1S/C13H23N3O2S/c1-4-12(5-2)16(6-7-17)8-11-9-19-13(15-11)14-10(3)18/h9,12,17H,4-8H2,1-3H3,(H,14,15,18). The van der Waals surface area contributed by atoms with E-state index >= 15 is 0 Å². The van der Waals surface area contributed by atoms with Crippen LogP contribution in [0.5, 0.6) is 0 Å². The summed E-state index contributed by atoms with van der Waals surface area (Å²) in [4.78, 5) is 17.6. The van der Waals surface area contributed by atoms with Crippen molar-refractivity contribution < 1.29 is 9.90 Å². The number of thiazole rings is 1. The number of aliphatic hydroxyl groups excluding tert-OH is 1. The van der Waals surface area contributed by atoms with Gasteiger partial charge < -0.3 is 10.4 Å². The summed E-state index contributed by atoms with van der Waals surface area (Å²) in [6.07, 6.45) is 2.11. The third-order valence-electron chi connectivity index (χ3n) is 3.05. The van der Waals surface area contributed by atoms with Crippen molar-refractivity contribution in [3.63, 3.8) is 0 Å². The summed E-state index contributed by atoms with van der Waals surface area (Å²) in [6.45, 7) is 7.30. The molecule has 19 heavy (non-hydrogen) atoms. The van der Waals surface area contributed by atoms with E-state index in [1.165, 1.54) is 18.3 Å². The van der Waals surface area contributed by atoms with Crippen LogP contribution < -0.4 is 5.32 Å². The monoisotopic (exact) mass is 285 g/mol. The number of nitrogens with one attached hydrogen (secondary N) is 1. The van der Waals surface area contributed by atoms with Gasteiger partial charge >= 0.3 is 0 Å². The molecule has 5 nitrogen and oxygen atoms in total. The molecule has 0 saturated heterocycles. The number of hydrogen-bond acceptors (Lipinski definition) is 5. The molecular formula is C13H23N3O2S. The highest BCUT2D eigenvalue weighted by molar-refractivity contribution is 7.13. The van der Waals surface area contributed by atoms with Crippen LogP contribution >= 0.6 is 11.3 Å². The molecule has 0 spiro atoms. The SMILES string of the molecule is CCC(CC)N(CCO)Cc1csc(NC(C)=O)n1. The molecule has 0 aliphatic carbocycles. The van der Waals surface area contributed by atoms with Gasteiger partial charge in [-0.25, -0.2) is 4.98 Å². The van der Waals surface area contributed by atoms with E-state index in [9.17, 15) is 4.79 Å². The van der Waals surface area contributed by atoms with Gasteiger partial charge in [0, 0.05) is 31.4 Å². The van der Waals surface area contributed by atoms with Gasteiger partial charge in [0.25, 0.3) is 0 Å². The average molecular weight is 285 g/mol. The maximum Gasteiger partial charge on any atom is 0.223 e. The number of rotatable bonds is 8. The summed E-state index contributed by atoms with van der Waals surface area (Å²) in [7, 11) is 0. The molecule has 1 aromatic heterocycles. The molecule has 1 aromatic rings. The molecule has 2 N–H and O–H groups in total. The molecule has 0 unspecified atom stereocenters. The van der Waals surface area contributed by atoms with E-state index in [4.69, 9.17) is 5.11 Å². The lowest BCUT2D eigenvalue weighted by atomic mass is 10.1. The minimum absolute atomic E-state index is 0.104. The predicted molar refractivity (Wildman–Crippen MR) is 78.3 cm³/mol. The lowest BCUT2D eigenvalue weighted by molar-refractivity contribution is -0.114. The molecule has 1 amide bonds. The Morgan fingerprint density at radius 1 is 1.53 bits per heavy atom. The van der Waals surface area contributed by atoms with E-state index in [1.54, 1.807) is 0 Å². The largest absolute Gasteiger partial charge is 0.395 e. The molecule has 0 bridgehead atoms. The van der Waals surface area contributed by atoms with Crippen LogP contribution in [0.3, 0.4) is 0 Å². The van der Waals surface area contributed by atoms with Gasteiger partial charge in [0.15, 0.2) is 5.13 Å². The Morgan fingerprint density at radius 2 is 2.21 bits per heavy atom. The molecule has 0 radical (unpaired) electrons. The molecule has 6 heteroatoms. The van der Waals surface area contributed by atoms with Crippen molar-refractivity contribution in [3.8, 4) is 0 Å². The molecule has 1 rings (SSSR count). The molecule has 0 aromatic carbocycles. The summed E-state index contributed by atoms with van der Waals surface area (Å²) in [5, 5.41) is 14.4. The Hall–Kier alpha value is -0.980. The Kier molecular flexibility index (Phi) is 6.97. The summed E-state index contributed by atoms with van der Waals surface area (Å²) < 4.78 is 0. The third kappa shape index (κ3) is 5.26. The molecule has 1 heterocycles. The smallest absolute Gasteiger partial charge is 0.223 e. The summed E-state index contributed by atoms with van der Waals surface area (Å²) in [6, 6.07) is 0.457. The van der Waals surface area contributed by atoms with Gasteiger partial charge in [0.2, 0.25) is 5.91 Å². The first-order valence-corrected chi connectivity index (χ1v) is 7.55. The van der Waals surface area contributed by atoms with Crippen molar-refractivity contribution in [2.45, 2.75) is 46.2 Å². The number of anilines is 1. The highest BCUT2D eigenvalue weighted by atomic mass is 32.1. The van der Waals surface area contributed by atoms with Crippen LogP contribution in [0.1, 0.15) is 39.3 Å². The zero-order valence-corrected chi connectivity index (χ0v) is 12.7. The van der Waals surface area contributed by atoms with Crippen molar-refractivity contribution in [1.82, 2.24) is 9.88 Å². The maximum atomic E-state index is 11.0. The third-order valence-corrected chi connectivity index (χ3v) is 3.85. The van der Waals surface area contributed by atoms with Crippen molar-refractivity contribution in [1.29, 1.82) is 0 Å². The van der Waals surface area contributed by atoms with E-state index in [1.807, 2.05) is 5.38 Å². The second-order valence-electron chi connectivity index (χ2n) is 4.49. The molecule has 0 aliphatic rings. The second-order valence-corrected chi connectivity index (χ2v) is 5.35. The number of carbonyl (C=O) groups excluding carboxylic acids is 1. The Labute approximate surface area is 118 Å². The highest BCUT2D eigenvalue weighted by Gasteiger charge is 2.16. The van der Waals surface area contributed by atoms with Crippen LogP contribution in [0.4, 0.5) is 5.13 Å². The van der Waals surface area contributed by atoms with E-state index in [0.29, 0.717) is 24.3 Å². The van der Waals surface area contributed by atoms with Gasteiger partial charge in [-0.05, 0) is 12.8 Å². The number of carbonyl (C=O) groups is 1. The second kappa shape index (κ2) is 8.24. The zero-order valence-electron chi connectivity index (χ0n) is 11.8. The van der Waals surface area contributed by atoms with Gasteiger partial charge in [-0.15, -0.1) is 11.3 Å². The normalized spacial score (nSPS) is 11.3. The van der Waals surface area contributed by atoms with Crippen LogP contribution in [0.25, 0.3) is 0 Å². The van der Waals surface area contributed by atoms with Gasteiger partial charge in [-0.3, -0.25) is 9.69 Å². The first-order valence-electron chi connectivity index (χ1n) is 6.67. The van der Waals surface area contributed by atoms with E-state index < -0.39 is 0 Å². The maximum absolute atomic E-state index is 11.0. The first-order chi connectivity index (χ1) is 9.10. The predicted octanol–water partition coefficient (Wildman–Crippen LogP) is 2.08.